The SMILES string of the molecule is c1ccc(-c2ccc3c(sc4ccccc43)c2N(c2ccc(-c3ccc4ccccc4c3)cc2)c2ccc(-c3ccc4oc5ccccc5c4c3)cc2)cc1. The molecular formula is C52H33NOS. The molecule has 0 saturated heterocycles. The predicted octanol–water partition coefficient (Wildman–Crippen LogP) is 15.6. The summed E-state index contributed by atoms with van der Waals surface area (Å²) < 4.78 is 8.70. The number of fused-ring (bicyclic) bond motifs is 7. The van der Waals surface area contributed by atoms with Gasteiger partial charge in [-0.05, 0) is 93.2 Å². The molecule has 0 unspecified atom stereocenters. The number of para-hydroxylation sites is 1. The van der Waals surface area contributed by atoms with Crippen LogP contribution in [0.3, 0.4) is 0 Å². The highest BCUT2D eigenvalue weighted by Crippen LogP contribution is 2.50. The second kappa shape index (κ2) is 12.9. The third-order valence-corrected chi connectivity index (χ3v) is 12.1. The number of furan rings is 1. The Hall–Kier alpha value is -6.94. The summed E-state index contributed by atoms with van der Waals surface area (Å²) in [7, 11) is 0. The molecule has 11 aromatic rings. The topological polar surface area (TPSA) is 16.4 Å². The number of benzene rings is 9. The molecule has 0 bridgehead atoms. The molecule has 0 saturated carbocycles. The maximum Gasteiger partial charge on any atom is 0.135 e. The van der Waals surface area contributed by atoms with Gasteiger partial charge in [0.1, 0.15) is 11.2 Å². The molecule has 9 aromatic carbocycles. The van der Waals surface area contributed by atoms with Crippen LogP contribution in [0.5, 0.6) is 0 Å². The van der Waals surface area contributed by atoms with Gasteiger partial charge >= 0.3 is 0 Å². The molecule has 0 aliphatic heterocycles. The zero-order chi connectivity index (χ0) is 36.3. The molecule has 2 heterocycles. The zero-order valence-corrected chi connectivity index (χ0v) is 30.6. The van der Waals surface area contributed by atoms with Crippen LogP contribution in [0.15, 0.2) is 205 Å². The summed E-state index contributed by atoms with van der Waals surface area (Å²) in [5, 5.41) is 7.32. The van der Waals surface area contributed by atoms with E-state index in [0.29, 0.717) is 0 Å². The molecule has 0 amide bonds. The Morgan fingerprint density at radius 2 is 0.964 bits per heavy atom. The Morgan fingerprint density at radius 1 is 0.364 bits per heavy atom. The van der Waals surface area contributed by atoms with Crippen LogP contribution in [0.4, 0.5) is 17.1 Å². The lowest BCUT2D eigenvalue weighted by Crippen LogP contribution is -2.11. The van der Waals surface area contributed by atoms with Crippen LogP contribution in [0.25, 0.3) is 86.3 Å². The van der Waals surface area contributed by atoms with Crippen LogP contribution >= 0.6 is 11.3 Å². The molecule has 55 heavy (non-hydrogen) atoms. The first kappa shape index (κ1) is 31.6. The number of nitrogens with zero attached hydrogens (tertiary/aromatic N) is 1. The Kier molecular flexibility index (Phi) is 7.39. The van der Waals surface area contributed by atoms with Crippen molar-refractivity contribution in [2.24, 2.45) is 0 Å². The smallest absolute Gasteiger partial charge is 0.135 e. The second-order valence-electron chi connectivity index (χ2n) is 14.1. The normalized spacial score (nSPS) is 11.6. The summed E-state index contributed by atoms with van der Waals surface area (Å²) in [5.74, 6) is 0. The van der Waals surface area contributed by atoms with Gasteiger partial charge in [0, 0.05) is 43.2 Å². The number of thiophene rings is 1. The number of hydrogen-bond acceptors (Lipinski definition) is 3. The fraction of sp³-hybridized carbons (Fsp3) is 0. The highest BCUT2D eigenvalue weighted by atomic mass is 32.1. The molecule has 0 aliphatic carbocycles. The van der Waals surface area contributed by atoms with Crippen molar-refractivity contribution in [1.82, 2.24) is 0 Å². The van der Waals surface area contributed by atoms with Crippen molar-refractivity contribution in [3.8, 4) is 33.4 Å². The highest BCUT2D eigenvalue weighted by molar-refractivity contribution is 7.26. The van der Waals surface area contributed by atoms with E-state index < -0.39 is 0 Å². The van der Waals surface area contributed by atoms with Gasteiger partial charge in [0.15, 0.2) is 0 Å². The third-order valence-electron chi connectivity index (χ3n) is 10.9. The van der Waals surface area contributed by atoms with E-state index in [0.717, 1.165) is 44.4 Å². The maximum atomic E-state index is 6.15. The van der Waals surface area contributed by atoms with E-state index in [9.17, 15) is 0 Å². The Bertz CT molecular complexity index is 3190. The lowest BCUT2D eigenvalue weighted by atomic mass is 9.98. The van der Waals surface area contributed by atoms with E-state index in [4.69, 9.17) is 4.42 Å². The lowest BCUT2D eigenvalue weighted by Gasteiger charge is -2.29. The van der Waals surface area contributed by atoms with Gasteiger partial charge in [-0.3, -0.25) is 0 Å². The Labute approximate surface area is 322 Å². The van der Waals surface area contributed by atoms with Crippen molar-refractivity contribution >= 4 is 81.3 Å². The van der Waals surface area contributed by atoms with Gasteiger partial charge in [-0.2, -0.15) is 0 Å². The van der Waals surface area contributed by atoms with Crippen molar-refractivity contribution in [2.75, 3.05) is 4.90 Å². The summed E-state index contributed by atoms with van der Waals surface area (Å²) in [6, 6.07) is 72.4. The molecule has 3 heteroatoms. The summed E-state index contributed by atoms with van der Waals surface area (Å²) in [4.78, 5) is 2.46. The average Bonchev–Trinajstić information content (AvgIpc) is 3.83. The minimum Gasteiger partial charge on any atom is -0.456 e. The van der Waals surface area contributed by atoms with Gasteiger partial charge in [-0.1, -0.05) is 146 Å². The second-order valence-corrected chi connectivity index (χ2v) is 15.2. The molecule has 2 nitrogen and oxygen atoms in total. The molecule has 0 N–H and O–H groups in total. The fourth-order valence-electron chi connectivity index (χ4n) is 8.14. The van der Waals surface area contributed by atoms with Crippen molar-refractivity contribution in [3.63, 3.8) is 0 Å². The summed E-state index contributed by atoms with van der Waals surface area (Å²) in [6.07, 6.45) is 0. The van der Waals surface area contributed by atoms with Gasteiger partial charge in [-0.25, -0.2) is 0 Å². The third kappa shape index (κ3) is 5.40. The van der Waals surface area contributed by atoms with Crippen molar-refractivity contribution in [1.29, 1.82) is 0 Å². The van der Waals surface area contributed by atoms with Gasteiger partial charge in [0.25, 0.3) is 0 Å². The first-order valence-electron chi connectivity index (χ1n) is 18.7. The summed E-state index contributed by atoms with van der Waals surface area (Å²) in [5.41, 5.74) is 12.3. The van der Waals surface area contributed by atoms with Crippen molar-refractivity contribution in [3.05, 3.63) is 200 Å². The van der Waals surface area contributed by atoms with E-state index >= 15 is 0 Å². The van der Waals surface area contributed by atoms with Crippen LogP contribution in [-0.2, 0) is 0 Å². The molecular weight excluding hydrogens is 687 g/mol. The Balaban J connectivity index is 1.10. The maximum absolute atomic E-state index is 6.15. The average molecular weight is 720 g/mol. The molecule has 0 fully saturated rings. The van der Waals surface area contributed by atoms with E-state index in [1.54, 1.807) is 0 Å². The molecule has 11 rings (SSSR count). The van der Waals surface area contributed by atoms with Crippen LogP contribution in [-0.4, -0.2) is 0 Å². The van der Waals surface area contributed by atoms with Crippen LogP contribution in [0, 0.1) is 0 Å². The molecule has 2 aromatic heterocycles. The lowest BCUT2D eigenvalue weighted by molar-refractivity contribution is 0.669. The first-order chi connectivity index (χ1) is 27.2. The highest BCUT2D eigenvalue weighted by Gasteiger charge is 2.23. The number of hydrogen-bond donors (Lipinski definition) is 0. The number of anilines is 3. The monoisotopic (exact) mass is 719 g/mol. The summed E-state index contributed by atoms with van der Waals surface area (Å²) >= 11 is 1.87. The van der Waals surface area contributed by atoms with Gasteiger partial charge in [0.05, 0.1) is 10.4 Å². The van der Waals surface area contributed by atoms with Gasteiger partial charge in [0.2, 0.25) is 0 Å². The summed E-state index contributed by atoms with van der Waals surface area (Å²) in [6.45, 7) is 0. The predicted molar refractivity (Wildman–Crippen MR) is 235 cm³/mol. The fourth-order valence-corrected chi connectivity index (χ4v) is 9.38. The van der Waals surface area contributed by atoms with Crippen LogP contribution < -0.4 is 4.90 Å². The largest absolute Gasteiger partial charge is 0.456 e. The standard InChI is InChI=1S/C52H33NOS/c1-2-11-37(12-3-1)43-29-30-46-45-15-7-9-17-50(45)55-52(46)51(43)53(41-25-20-35(21-26-41)39-19-18-34-10-4-5-13-38(34)32-39)42-27-22-36(23-28-42)40-24-31-49-47(33-40)44-14-6-8-16-48(44)54-49/h1-33H. The molecule has 0 spiro atoms. The van der Waals surface area contributed by atoms with Crippen LogP contribution in [0.2, 0.25) is 0 Å². The van der Waals surface area contributed by atoms with Gasteiger partial charge < -0.3 is 9.32 Å². The van der Waals surface area contributed by atoms with E-state index in [2.05, 4.69) is 193 Å². The molecule has 0 aliphatic rings. The van der Waals surface area contributed by atoms with Crippen molar-refractivity contribution in [2.45, 2.75) is 0 Å². The minimum absolute atomic E-state index is 0.907. The zero-order valence-electron chi connectivity index (χ0n) is 29.8. The van der Waals surface area contributed by atoms with E-state index in [1.165, 1.54) is 58.9 Å². The van der Waals surface area contributed by atoms with Crippen molar-refractivity contribution < 1.29 is 4.42 Å². The van der Waals surface area contributed by atoms with Gasteiger partial charge in [-0.15, -0.1) is 11.3 Å². The Morgan fingerprint density at radius 3 is 1.75 bits per heavy atom. The minimum atomic E-state index is 0.907. The molecule has 0 radical (unpaired) electrons. The first-order valence-corrected chi connectivity index (χ1v) is 19.5. The molecule has 258 valence electrons. The van der Waals surface area contributed by atoms with E-state index in [-0.39, 0.29) is 0 Å². The van der Waals surface area contributed by atoms with Crippen LogP contribution in [0.1, 0.15) is 0 Å². The number of rotatable bonds is 6. The quantitative estimate of drug-likeness (QED) is 0.170. The van der Waals surface area contributed by atoms with E-state index in [1.807, 2.05) is 23.5 Å². The molecule has 0 atom stereocenters.